The maximum atomic E-state index is 10.8. The number of hydrogen-bond acceptors (Lipinski definition) is 4. The van der Waals surface area contributed by atoms with E-state index in [-0.39, 0.29) is 6.42 Å². The van der Waals surface area contributed by atoms with Gasteiger partial charge in [-0.1, -0.05) is 6.92 Å². The second-order valence-corrected chi connectivity index (χ2v) is 7.25. The average molecular weight is 200 g/mol. The zero-order valence-corrected chi connectivity index (χ0v) is 8.37. The Bertz CT molecular complexity index is 278. The van der Waals surface area contributed by atoms with E-state index in [0.717, 1.165) is 12.5 Å². The van der Waals surface area contributed by atoms with Crippen molar-refractivity contribution in [2.75, 3.05) is 12.5 Å². The Morgan fingerprint density at radius 3 is 1.27 bits per heavy atom. The molecule has 0 unspecified atom stereocenters. The normalized spacial score (nSPS) is 13.8. The van der Waals surface area contributed by atoms with Gasteiger partial charge < -0.3 is 0 Å². The van der Waals surface area contributed by atoms with Crippen LogP contribution < -0.4 is 0 Å². The smallest absolute Gasteiger partial charge is 0.164 e. The minimum absolute atomic E-state index is 0.109. The van der Waals surface area contributed by atoms with Gasteiger partial charge in [-0.25, -0.2) is 16.8 Å². The maximum absolute atomic E-state index is 10.8. The van der Waals surface area contributed by atoms with Gasteiger partial charge in [0.1, 0.15) is 0 Å². The molecule has 0 aliphatic rings. The third-order valence-electron chi connectivity index (χ3n) is 1.29. The monoisotopic (exact) mass is 200 g/mol. The summed E-state index contributed by atoms with van der Waals surface area (Å²) in [4.78, 5) is 0. The van der Waals surface area contributed by atoms with Crippen molar-refractivity contribution in [2.24, 2.45) is 0 Å². The van der Waals surface area contributed by atoms with Crippen molar-refractivity contribution in [3.8, 4) is 0 Å². The fraction of sp³-hybridized carbons (Fsp3) is 1.00. The van der Waals surface area contributed by atoms with Crippen LogP contribution in [-0.4, -0.2) is 33.9 Å². The predicted octanol–water partition coefficient (Wildman–Crippen LogP) is -0.188. The number of rotatable bonds is 3. The first-order valence-corrected chi connectivity index (χ1v) is 6.98. The van der Waals surface area contributed by atoms with Gasteiger partial charge in [-0.15, -0.1) is 0 Å². The quantitative estimate of drug-likeness (QED) is 0.633. The minimum Gasteiger partial charge on any atom is -0.228 e. The molecule has 0 saturated carbocycles. The summed E-state index contributed by atoms with van der Waals surface area (Å²) in [6.45, 7) is 1.53. The third-order valence-corrected chi connectivity index (χ3v) is 5.96. The van der Waals surface area contributed by atoms with Crippen LogP contribution in [0.3, 0.4) is 0 Å². The molecule has 0 bridgehead atoms. The number of sulfone groups is 2. The molecular weight excluding hydrogens is 188 g/mol. The minimum atomic E-state index is -3.46. The third kappa shape index (κ3) is 3.20. The Labute approximate surface area is 67.4 Å². The van der Waals surface area contributed by atoms with Crippen LogP contribution in [0.5, 0.6) is 0 Å². The van der Waals surface area contributed by atoms with E-state index in [0.29, 0.717) is 0 Å². The lowest BCUT2D eigenvalue weighted by Crippen LogP contribution is -2.27. The largest absolute Gasteiger partial charge is 0.228 e. The Morgan fingerprint density at radius 2 is 1.27 bits per heavy atom. The fourth-order valence-corrected chi connectivity index (χ4v) is 4.67. The molecule has 0 aromatic carbocycles. The van der Waals surface area contributed by atoms with E-state index < -0.39 is 24.3 Å². The summed E-state index contributed by atoms with van der Waals surface area (Å²) in [5.41, 5.74) is 0. The van der Waals surface area contributed by atoms with Gasteiger partial charge in [-0.3, -0.25) is 0 Å². The molecule has 6 heteroatoms. The topological polar surface area (TPSA) is 68.3 Å². The van der Waals surface area contributed by atoms with E-state index in [2.05, 4.69) is 0 Å². The lowest BCUT2D eigenvalue weighted by atomic mass is 10.6. The summed E-state index contributed by atoms with van der Waals surface area (Å²) in [6, 6.07) is 0. The van der Waals surface area contributed by atoms with Crippen LogP contribution in [-0.2, 0) is 19.7 Å². The maximum Gasteiger partial charge on any atom is 0.164 e. The molecule has 0 atom stereocenters. The second-order valence-electron chi connectivity index (χ2n) is 2.50. The fourth-order valence-electron chi connectivity index (χ4n) is 0.923. The molecule has 0 aliphatic carbocycles. The molecule has 0 aliphatic heterocycles. The molecule has 68 valence electrons. The highest BCUT2D eigenvalue weighted by Gasteiger charge is 2.28. The Hall–Kier alpha value is -0.100. The lowest BCUT2D eigenvalue weighted by Gasteiger charge is -2.08. The Kier molecular flexibility index (Phi) is 3.07. The van der Waals surface area contributed by atoms with E-state index in [4.69, 9.17) is 0 Å². The Balaban J connectivity index is 5.05. The zero-order valence-electron chi connectivity index (χ0n) is 6.73. The van der Waals surface area contributed by atoms with E-state index in [9.17, 15) is 16.8 Å². The molecule has 0 aromatic rings. The molecule has 0 fully saturated rings. The van der Waals surface area contributed by atoms with E-state index in [1.54, 1.807) is 0 Å². The first-order valence-electron chi connectivity index (χ1n) is 3.07. The van der Waals surface area contributed by atoms with E-state index in [1.165, 1.54) is 6.92 Å². The molecule has 0 rings (SSSR count). The van der Waals surface area contributed by atoms with Crippen LogP contribution in [0.2, 0.25) is 0 Å². The number of hydrogen-bond donors (Lipinski definition) is 0. The van der Waals surface area contributed by atoms with Gasteiger partial charge in [-0.05, 0) is 6.42 Å². The SMILES string of the molecule is CCC(S(C)(=O)=O)S(C)(=O)=O. The van der Waals surface area contributed by atoms with Gasteiger partial charge >= 0.3 is 0 Å². The highest BCUT2D eigenvalue weighted by molar-refractivity contribution is 8.08. The molecule has 0 aromatic heterocycles. The van der Waals surface area contributed by atoms with Crippen LogP contribution >= 0.6 is 0 Å². The van der Waals surface area contributed by atoms with Crippen LogP contribution in [0.25, 0.3) is 0 Å². The molecule has 0 radical (unpaired) electrons. The van der Waals surface area contributed by atoms with Crippen molar-refractivity contribution in [3.05, 3.63) is 0 Å². The van der Waals surface area contributed by atoms with Crippen molar-refractivity contribution < 1.29 is 16.8 Å². The summed E-state index contributed by atoms with van der Waals surface area (Å²) in [7, 11) is -6.92. The second kappa shape index (κ2) is 3.10. The zero-order chi connectivity index (χ0) is 9.28. The molecule has 0 heterocycles. The first kappa shape index (κ1) is 10.9. The molecule has 4 nitrogen and oxygen atoms in total. The summed E-state index contributed by atoms with van der Waals surface area (Å²) in [5, 5.41) is 0. The predicted molar refractivity (Wildman–Crippen MR) is 43.8 cm³/mol. The van der Waals surface area contributed by atoms with Gasteiger partial charge in [0.05, 0.1) is 0 Å². The highest BCUT2D eigenvalue weighted by Crippen LogP contribution is 2.10. The summed E-state index contributed by atoms with van der Waals surface area (Å²) < 4.78 is 42.1. The van der Waals surface area contributed by atoms with Gasteiger partial charge in [0, 0.05) is 12.5 Å². The summed E-state index contributed by atoms with van der Waals surface area (Å²) in [5.74, 6) is 0. The lowest BCUT2D eigenvalue weighted by molar-refractivity contribution is 0.578. The molecular formula is C5H12O4S2. The van der Waals surface area contributed by atoms with Crippen molar-refractivity contribution in [3.63, 3.8) is 0 Å². The van der Waals surface area contributed by atoms with Crippen LogP contribution in [0.15, 0.2) is 0 Å². The molecule has 11 heavy (non-hydrogen) atoms. The molecule has 0 spiro atoms. The van der Waals surface area contributed by atoms with Crippen LogP contribution in [0, 0.1) is 0 Å². The van der Waals surface area contributed by atoms with Crippen LogP contribution in [0.1, 0.15) is 13.3 Å². The van der Waals surface area contributed by atoms with Crippen LogP contribution in [0.4, 0.5) is 0 Å². The summed E-state index contributed by atoms with van der Waals surface area (Å²) >= 11 is 0. The van der Waals surface area contributed by atoms with Gasteiger partial charge in [0.2, 0.25) is 0 Å². The summed E-state index contributed by atoms with van der Waals surface area (Å²) in [6.07, 6.45) is 1.97. The standard InChI is InChI=1S/C5H12O4S2/c1-4-5(10(2,6)7)11(3,8)9/h5H,4H2,1-3H3. The molecule has 0 amide bonds. The van der Waals surface area contributed by atoms with Gasteiger partial charge in [-0.2, -0.15) is 0 Å². The Morgan fingerprint density at radius 1 is 1.00 bits per heavy atom. The molecule has 0 saturated heterocycles. The van der Waals surface area contributed by atoms with E-state index in [1.807, 2.05) is 0 Å². The van der Waals surface area contributed by atoms with Crippen molar-refractivity contribution in [1.82, 2.24) is 0 Å². The van der Waals surface area contributed by atoms with E-state index >= 15 is 0 Å². The van der Waals surface area contributed by atoms with Gasteiger partial charge in [0.25, 0.3) is 0 Å². The van der Waals surface area contributed by atoms with Crippen molar-refractivity contribution in [1.29, 1.82) is 0 Å². The van der Waals surface area contributed by atoms with Crippen molar-refractivity contribution >= 4 is 19.7 Å². The highest BCUT2D eigenvalue weighted by atomic mass is 32.3. The van der Waals surface area contributed by atoms with Gasteiger partial charge in [0.15, 0.2) is 24.3 Å². The average Bonchev–Trinajstić information content (AvgIpc) is 1.56. The van der Waals surface area contributed by atoms with Crippen molar-refractivity contribution in [2.45, 2.75) is 17.9 Å². The first-order chi connectivity index (χ1) is 4.69. The molecule has 0 N–H and O–H groups in total.